The van der Waals surface area contributed by atoms with Gasteiger partial charge in [-0.3, -0.25) is 0 Å². The highest BCUT2D eigenvalue weighted by atomic mass is 16.5. The van der Waals surface area contributed by atoms with E-state index in [4.69, 9.17) is 9.47 Å². The minimum absolute atomic E-state index is 0.134. The maximum Gasteiger partial charge on any atom is 0.333 e. The summed E-state index contributed by atoms with van der Waals surface area (Å²) in [7, 11) is 0. The van der Waals surface area contributed by atoms with E-state index in [0.717, 1.165) is 15.9 Å². The molecule has 0 amide bonds. The first-order valence-electron chi connectivity index (χ1n) is 8.28. The largest absolute Gasteiger partial charge is 0.493 e. The Balaban J connectivity index is 1.66. The molecule has 0 radical (unpaired) electrons. The van der Waals surface area contributed by atoms with Crippen molar-refractivity contribution >= 4 is 0 Å². The molecule has 0 saturated heterocycles. The first-order chi connectivity index (χ1) is 12.4. The number of aromatic hydroxyl groups is 1. The topological polar surface area (TPSA) is 89.4 Å². The molecule has 7 nitrogen and oxygen atoms in total. The standard InChI is InChI=1S/C19H19N3O4/c1-11-17(23)22(18(24)21-11)12-7-8-15(20-9-12)26-14-6-4-5-13-16(14)19(2,3)10-25-13/h4-9,23H,10H2,1-3H3,(H,21,24). The lowest BCUT2D eigenvalue weighted by Gasteiger charge is -2.18. The van der Waals surface area contributed by atoms with E-state index in [-0.39, 0.29) is 11.3 Å². The minimum atomic E-state index is -0.421. The van der Waals surface area contributed by atoms with Crippen LogP contribution in [0.5, 0.6) is 23.3 Å². The van der Waals surface area contributed by atoms with Crippen molar-refractivity contribution in [3.05, 3.63) is 58.3 Å². The Bertz CT molecular complexity index is 1030. The second kappa shape index (κ2) is 5.66. The summed E-state index contributed by atoms with van der Waals surface area (Å²) in [5.41, 5.74) is 1.30. The Labute approximate surface area is 149 Å². The number of benzene rings is 1. The van der Waals surface area contributed by atoms with E-state index in [1.54, 1.807) is 19.1 Å². The van der Waals surface area contributed by atoms with Gasteiger partial charge in [-0.25, -0.2) is 14.3 Å². The number of nitrogens with one attached hydrogen (secondary N) is 1. The van der Waals surface area contributed by atoms with E-state index in [1.807, 2.05) is 18.2 Å². The van der Waals surface area contributed by atoms with Gasteiger partial charge in [-0.2, -0.15) is 0 Å². The molecule has 0 aliphatic carbocycles. The van der Waals surface area contributed by atoms with Crippen LogP contribution >= 0.6 is 0 Å². The van der Waals surface area contributed by atoms with E-state index in [0.29, 0.717) is 29.6 Å². The van der Waals surface area contributed by atoms with Crippen molar-refractivity contribution in [3.8, 4) is 28.9 Å². The number of hydrogen-bond donors (Lipinski definition) is 2. The second-order valence-electron chi connectivity index (χ2n) is 6.97. The lowest BCUT2D eigenvalue weighted by molar-refractivity contribution is 0.290. The van der Waals surface area contributed by atoms with Crippen molar-refractivity contribution in [2.75, 3.05) is 6.61 Å². The van der Waals surface area contributed by atoms with E-state index in [2.05, 4.69) is 23.8 Å². The number of ether oxygens (including phenoxy) is 2. The fraction of sp³-hybridized carbons (Fsp3) is 0.263. The SMILES string of the molecule is Cc1[nH]c(=O)n(-c2ccc(Oc3cccc4c3C(C)(C)CO4)nc2)c1O. The van der Waals surface area contributed by atoms with Crippen LogP contribution in [0.2, 0.25) is 0 Å². The third-order valence-electron chi connectivity index (χ3n) is 4.49. The third kappa shape index (κ3) is 2.52. The molecule has 134 valence electrons. The maximum atomic E-state index is 11.9. The molecule has 0 bridgehead atoms. The van der Waals surface area contributed by atoms with Crippen molar-refractivity contribution in [2.24, 2.45) is 0 Å². The Kier molecular flexibility index (Phi) is 3.54. The van der Waals surface area contributed by atoms with Gasteiger partial charge < -0.3 is 19.6 Å². The summed E-state index contributed by atoms with van der Waals surface area (Å²) in [6.07, 6.45) is 1.48. The number of fused-ring (bicyclic) bond motifs is 1. The van der Waals surface area contributed by atoms with Crippen LogP contribution in [0.4, 0.5) is 0 Å². The normalized spacial score (nSPS) is 14.7. The second-order valence-corrected chi connectivity index (χ2v) is 6.97. The first kappa shape index (κ1) is 16.3. The van der Waals surface area contributed by atoms with Crippen LogP contribution in [0.15, 0.2) is 41.3 Å². The van der Waals surface area contributed by atoms with Gasteiger partial charge in [0.05, 0.1) is 24.2 Å². The van der Waals surface area contributed by atoms with Crippen LogP contribution in [-0.2, 0) is 5.41 Å². The molecule has 3 heterocycles. The molecule has 3 aromatic rings. The summed E-state index contributed by atoms with van der Waals surface area (Å²) < 4.78 is 12.8. The molecule has 2 aromatic heterocycles. The molecular formula is C19H19N3O4. The number of hydrogen-bond acceptors (Lipinski definition) is 5. The fourth-order valence-electron chi connectivity index (χ4n) is 3.17. The van der Waals surface area contributed by atoms with E-state index >= 15 is 0 Å². The zero-order chi connectivity index (χ0) is 18.5. The molecule has 2 N–H and O–H groups in total. The van der Waals surface area contributed by atoms with E-state index in [1.165, 1.54) is 6.20 Å². The lowest BCUT2D eigenvalue weighted by atomic mass is 9.86. The summed E-state index contributed by atoms with van der Waals surface area (Å²) in [5, 5.41) is 10.00. The zero-order valence-electron chi connectivity index (χ0n) is 14.7. The summed E-state index contributed by atoms with van der Waals surface area (Å²) in [5.74, 6) is 1.78. The average Bonchev–Trinajstić information content (AvgIpc) is 3.05. The molecule has 0 saturated carbocycles. The number of imidazole rings is 1. The average molecular weight is 353 g/mol. The third-order valence-corrected chi connectivity index (χ3v) is 4.49. The number of H-pyrrole nitrogens is 1. The van der Waals surface area contributed by atoms with Crippen LogP contribution in [0.1, 0.15) is 25.1 Å². The van der Waals surface area contributed by atoms with Crippen molar-refractivity contribution in [3.63, 3.8) is 0 Å². The van der Waals surface area contributed by atoms with Gasteiger partial charge in [0.15, 0.2) is 0 Å². The van der Waals surface area contributed by atoms with E-state index < -0.39 is 5.69 Å². The number of aryl methyl sites for hydroxylation is 1. The fourth-order valence-corrected chi connectivity index (χ4v) is 3.17. The summed E-state index contributed by atoms with van der Waals surface area (Å²) in [4.78, 5) is 18.7. The van der Waals surface area contributed by atoms with Crippen molar-refractivity contribution < 1.29 is 14.6 Å². The molecule has 7 heteroatoms. The van der Waals surface area contributed by atoms with Gasteiger partial charge in [-0.1, -0.05) is 19.9 Å². The van der Waals surface area contributed by atoms with Crippen molar-refractivity contribution in [1.82, 2.24) is 14.5 Å². The first-order valence-corrected chi connectivity index (χ1v) is 8.28. The molecule has 0 spiro atoms. The van der Waals surface area contributed by atoms with Crippen molar-refractivity contribution in [1.29, 1.82) is 0 Å². The summed E-state index contributed by atoms with van der Waals surface area (Å²) in [6.45, 7) is 6.43. The smallest absolute Gasteiger partial charge is 0.333 e. The van der Waals surface area contributed by atoms with Gasteiger partial charge in [-0.15, -0.1) is 0 Å². The van der Waals surface area contributed by atoms with Gasteiger partial charge in [0.1, 0.15) is 11.5 Å². The molecule has 0 fully saturated rings. The molecule has 0 unspecified atom stereocenters. The Morgan fingerprint density at radius 3 is 2.77 bits per heavy atom. The molecule has 1 aliphatic rings. The van der Waals surface area contributed by atoms with Crippen LogP contribution in [0.25, 0.3) is 5.69 Å². The maximum absolute atomic E-state index is 11.9. The number of nitrogens with zero attached hydrogens (tertiary/aromatic N) is 2. The number of aromatic nitrogens is 3. The molecule has 26 heavy (non-hydrogen) atoms. The predicted molar refractivity (Wildman–Crippen MR) is 95.6 cm³/mol. The Morgan fingerprint density at radius 1 is 1.31 bits per heavy atom. The van der Waals surface area contributed by atoms with Crippen LogP contribution in [-0.4, -0.2) is 26.2 Å². The highest BCUT2D eigenvalue weighted by Gasteiger charge is 2.35. The van der Waals surface area contributed by atoms with Gasteiger partial charge >= 0.3 is 5.69 Å². The highest BCUT2D eigenvalue weighted by Crippen LogP contribution is 2.45. The van der Waals surface area contributed by atoms with Crippen molar-refractivity contribution in [2.45, 2.75) is 26.2 Å². The van der Waals surface area contributed by atoms with Gasteiger partial charge in [0.2, 0.25) is 11.8 Å². The summed E-state index contributed by atoms with van der Waals surface area (Å²) >= 11 is 0. The molecule has 1 aromatic carbocycles. The number of pyridine rings is 1. The van der Waals surface area contributed by atoms with Gasteiger partial charge in [0.25, 0.3) is 0 Å². The minimum Gasteiger partial charge on any atom is -0.493 e. The van der Waals surface area contributed by atoms with E-state index in [9.17, 15) is 9.90 Å². The van der Waals surface area contributed by atoms with Crippen LogP contribution < -0.4 is 15.2 Å². The molecule has 0 atom stereocenters. The van der Waals surface area contributed by atoms with Crippen LogP contribution in [0.3, 0.4) is 0 Å². The quantitative estimate of drug-likeness (QED) is 0.755. The monoisotopic (exact) mass is 353 g/mol. The zero-order valence-corrected chi connectivity index (χ0v) is 14.7. The highest BCUT2D eigenvalue weighted by molar-refractivity contribution is 5.53. The van der Waals surface area contributed by atoms with Gasteiger partial charge in [-0.05, 0) is 25.1 Å². The van der Waals surface area contributed by atoms with Crippen LogP contribution in [0, 0.1) is 6.92 Å². The lowest BCUT2D eigenvalue weighted by Crippen LogP contribution is -2.19. The molecular weight excluding hydrogens is 334 g/mol. The molecule has 1 aliphatic heterocycles. The number of rotatable bonds is 3. The summed E-state index contributed by atoms with van der Waals surface area (Å²) in [6, 6.07) is 9.02. The number of aromatic amines is 1. The van der Waals surface area contributed by atoms with Gasteiger partial charge in [0, 0.05) is 17.0 Å². The molecule has 4 rings (SSSR count). The Hall–Kier alpha value is -3.22. The Morgan fingerprint density at radius 2 is 2.12 bits per heavy atom. The predicted octanol–water partition coefficient (Wildman–Crippen LogP) is 3.04.